The second-order valence-electron chi connectivity index (χ2n) is 8.08. The van der Waals surface area contributed by atoms with Crippen molar-refractivity contribution in [1.29, 1.82) is 5.26 Å². The van der Waals surface area contributed by atoms with E-state index in [1.54, 1.807) is 4.90 Å². The number of amides is 1. The first kappa shape index (κ1) is 17.2. The number of piperidine rings is 1. The number of likely N-dealkylation sites (tertiary alicyclic amines) is 1. The first-order valence-corrected chi connectivity index (χ1v) is 8.11. The zero-order valence-corrected chi connectivity index (χ0v) is 13.8. The lowest BCUT2D eigenvalue weighted by atomic mass is 9.60. The molecule has 1 aliphatic heterocycles. The molecular formula is C17H26F2N2O. The molecule has 0 N–H and O–H groups in total. The molecule has 0 aromatic rings. The molecule has 2 aliphatic rings. The van der Waals surface area contributed by atoms with Crippen molar-refractivity contribution in [2.75, 3.05) is 13.1 Å². The highest BCUT2D eigenvalue weighted by Gasteiger charge is 2.47. The van der Waals surface area contributed by atoms with Gasteiger partial charge in [0.1, 0.15) is 0 Å². The summed E-state index contributed by atoms with van der Waals surface area (Å²) < 4.78 is 25.7. The van der Waals surface area contributed by atoms with Crippen molar-refractivity contribution in [3.8, 4) is 6.07 Å². The summed E-state index contributed by atoms with van der Waals surface area (Å²) in [6, 6.07) is 2.30. The topological polar surface area (TPSA) is 44.1 Å². The Morgan fingerprint density at radius 1 is 1.27 bits per heavy atom. The monoisotopic (exact) mass is 312 g/mol. The third kappa shape index (κ3) is 3.42. The molecule has 1 aliphatic carbocycles. The van der Waals surface area contributed by atoms with Crippen LogP contribution in [-0.2, 0) is 4.79 Å². The van der Waals surface area contributed by atoms with Crippen LogP contribution < -0.4 is 0 Å². The number of carbonyl (C=O) groups excluding carboxylic acids is 1. The van der Waals surface area contributed by atoms with Crippen LogP contribution in [0, 0.1) is 28.1 Å². The van der Waals surface area contributed by atoms with Crippen molar-refractivity contribution in [2.24, 2.45) is 16.7 Å². The van der Waals surface area contributed by atoms with E-state index in [0.29, 0.717) is 19.5 Å². The molecule has 124 valence electrons. The summed E-state index contributed by atoms with van der Waals surface area (Å²) in [5.41, 5.74) is -0.0318. The summed E-state index contributed by atoms with van der Waals surface area (Å²) in [7, 11) is 0. The van der Waals surface area contributed by atoms with Gasteiger partial charge in [-0.3, -0.25) is 4.79 Å². The highest BCUT2D eigenvalue weighted by molar-refractivity contribution is 5.76. The number of rotatable bonds is 3. The molecule has 22 heavy (non-hydrogen) atoms. The van der Waals surface area contributed by atoms with Gasteiger partial charge in [-0.05, 0) is 29.6 Å². The second kappa shape index (κ2) is 5.79. The third-order valence-electron chi connectivity index (χ3n) is 5.72. The highest BCUT2D eigenvalue weighted by Crippen LogP contribution is 2.49. The molecule has 0 unspecified atom stereocenters. The standard InChI is InChI=1S/C17H26F2N2O/c1-15(2,3)16(4-7-20)5-8-21(9-6-16)14(22)10-13-11-17(18,19)12-13/h13H,4-6,8-12H2,1-3H3. The summed E-state index contributed by atoms with van der Waals surface area (Å²) in [6.07, 6.45) is 2.09. The van der Waals surface area contributed by atoms with Crippen molar-refractivity contribution >= 4 is 5.91 Å². The van der Waals surface area contributed by atoms with Crippen LogP contribution >= 0.6 is 0 Å². The van der Waals surface area contributed by atoms with Crippen molar-refractivity contribution in [3.05, 3.63) is 0 Å². The molecule has 0 aromatic heterocycles. The van der Waals surface area contributed by atoms with Gasteiger partial charge in [0.15, 0.2) is 0 Å². The van der Waals surface area contributed by atoms with E-state index in [4.69, 9.17) is 5.26 Å². The average Bonchev–Trinajstić information content (AvgIpc) is 2.36. The quantitative estimate of drug-likeness (QED) is 0.791. The Balaban J connectivity index is 1.88. The summed E-state index contributed by atoms with van der Waals surface area (Å²) in [5.74, 6) is -2.71. The van der Waals surface area contributed by atoms with Gasteiger partial charge in [-0.1, -0.05) is 20.8 Å². The largest absolute Gasteiger partial charge is 0.343 e. The normalized spacial score (nSPS) is 24.5. The Morgan fingerprint density at radius 2 is 1.82 bits per heavy atom. The maximum absolute atomic E-state index is 12.8. The van der Waals surface area contributed by atoms with Gasteiger partial charge in [0.25, 0.3) is 0 Å². The first-order valence-electron chi connectivity index (χ1n) is 8.11. The van der Waals surface area contributed by atoms with Crippen LogP contribution in [0.5, 0.6) is 0 Å². The fourth-order valence-corrected chi connectivity index (χ4v) is 3.83. The maximum atomic E-state index is 12.8. The summed E-state index contributed by atoms with van der Waals surface area (Å²) in [5, 5.41) is 9.13. The van der Waals surface area contributed by atoms with Crippen LogP contribution in [-0.4, -0.2) is 29.8 Å². The number of carbonyl (C=O) groups is 1. The Labute approximate surface area is 131 Å². The van der Waals surface area contributed by atoms with Crippen molar-refractivity contribution in [3.63, 3.8) is 0 Å². The second-order valence-corrected chi connectivity index (χ2v) is 8.08. The van der Waals surface area contributed by atoms with E-state index in [1.165, 1.54) is 0 Å². The maximum Gasteiger partial charge on any atom is 0.248 e. The van der Waals surface area contributed by atoms with Gasteiger partial charge in [-0.25, -0.2) is 8.78 Å². The third-order valence-corrected chi connectivity index (χ3v) is 5.72. The van der Waals surface area contributed by atoms with E-state index in [2.05, 4.69) is 26.8 Å². The number of nitrogens with zero attached hydrogens (tertiary/aromatic N) is 2. The number of halogens is 2. The van der Waals surface area contributed by atoms with Gasteiger partial charge < -0.3 is 4.90 Å². The molecule has 2 fully saturated rings. The van der Waals surface area contributed by atoms with E-state index in [1.807, 2.05) is 0 Å². The summed E-state index contributed by atoms with van der Waals surface area (Å²) >= 11 is 0. The van der Waals surface area contributed by atoms with E-state index >= 15 is 0 Å². The molecular weight excluding hydrogens is 286 g/mol. The minimum atomic E-state index is -2.55. The van der Waals surface area contributed by atoms with Gasteiger partial charge in [0.05, 0.1) is 6.07 Å². The van der Waals surface area contributed by atoms with Gasteiger partial charge >= 0.3 is 0 Å². The van der Waals surface area contributed by atoms with E-state index in [-0.39, 0.29) is 41.9 Å². The minimum Gasteiger partial charge on any atom is -0.343 e. The van der Waals surface area contributed by atoms with Gasteiger partial charge in [0.2, 0.25) is 11.8 Å². The fourth-order valence-electron chi connectivity index (χ4n) is 3.83. The first-order chi connectivity index (χ1) is 10.1. The lowest BCUT2D eigenvalue weighted by Crippen LogP contribution is -2.49. The van der Waals surface area contributed by atoms with Crippen LogP contribution in [0.1, 0.15) is 59.3 Å². The molecule has 0 spiro atoms. The molecule has 1 saturated heterocycles. The molecule has 0 bridgehead atoms. The van der Waals surface area contributed by atoms with E-state index < -0.39 is 5.92 Å². The highest BCUT2D eigenvalue weighted by atomic mass is 19.3. The summed E-state index contributed by atoms with van der Waals surface area (Å²) in [6.45, 7) is 7.73. The van der Waals surface area contributed by atoms with Gasteiger partial charge in [0, 0.05) is 38.8 Å². The molecule has 0 atom stereocenters. The average molecular weight is 312 g/mol. The molecule has 0 aromatic carbocycles. The molecule has 1 heterocycles. The zero-order chi connectivity index (χ0) is 16.6. The number of hydrogen-bond acceptors (Lipinski definition) is 2. The van der Waals surface area contributed by atoms with E-state index in [9.17, 15) is 13.6 Å². The number of hydrogen-bond donors (Lipinski definition) is 0. The Bertz CT molecular complexity index is 460. The van der Waals surface area contributed by atoms with Crippen molar-refractivity contribution < 1.29 is 13.6 Å². The Morgan fingerprint density at radius 3 is 2.23 bits per heavy atom. The van der Waals surface area contributed by atoms with Crippen LogP contribution in [0.25, 0.3) is 0 Å². The van der Waals surface area contributed by atoms with Gasteiger partial charge in [-0.2, -0.15) is 5.26 Å². The molecule has 3 nitrogen and oxygen atoms in total. The minimum absolute atomic E-state index is 0.0000307. The zero-order valence-electron chi connectivity index (χ0n) is 13.8. The molecule has 5 heteroatoms. The lowest BCUT2D eigenvalue weighted by molar-refractivity contribution is -0.145. The van der Waals surface area contributed by atoms with Crippen LogP contribution in [0.2, 0.25) is 0 Å². The smallest absolute Gasteiger partial charge is 0.248 e. The molecule has 2 rings (SSSR count). The van der Waals surface area contributed by atoms with Crippen molar-refractivity contribution in [2.45, 2.75) is 65.2 Å². The van der Waals surface area contributed by atoms with E-state index in [0.717, 1.165) is 12.8 Å². The van der Waals surface area contributed by atoms with Crippen LogP contribution in [0.4, 0.5) is 8.78 Å². The Kier molecular flexibility index (Phi) is 4.52. The van der Waals surface area contributed by atoms with Crippen molar-refractivity contribution in [1.82, 2.24) is 4.90 Å². The molecule has 1 amide bonds. The fraction of sp³-hybridized carbons (Fsp3) is 0.882. The molecule has 0 radical (unpaired) electrons. The lowest BCUT2D eigenvalue weighted by Gasteiger charge is -2.49. The van der Waals surface area contributed by atoms with Crippen LogP contribution in [0.15, 0.2) is 0 Å². The number of alkyl halides is 2. The Hall–Kier alpha value is -1.18. The van der Waals surface area contributed by atoms with Gasteiger partial charge in [-0.15, -0.1) is 0 Å². The predicted octanol–water partition coefficient (Wildman–Crippen LogP) is 3.99. The van der Waals surface area contributed by atoms with Crippen LogP contribution in [0.3, 0.4) is 0 Å². The SMILES string of the molecule is CC(C)(C)C1(CC#N)CCN(C(=O)CC2CC(F)(F)C2)CC1. The summed E-state index contributed by atoms with van der Waals surface area (Å²) in [4.78, 5) is 14.1. The number of nitriles is 1. The molecule has 1 saturated carbocycles. The predicted molar refractivity (Wildman–Crippen MR) is 80.2 cm³/mol.